The van der Waals surface area contributed by atoms with Gasteiger partial charge in [-0.1, -0.05) is 85.3 Å². The van der Waals surface area contributed by atoms with Crippen LogP contribution in [0.5, 0.6) is 0 Å². The first-order valence-electron chi connectivity index (χ1n) is 16.3. The van der Waals surface area contributed by atoms with Crippen LogP contribution in [0.4, 0.5) is 0 Å². The predicted molar refractivity (Wildman–Crippen MR) is 201 cm³/mol. The first-order valence-corrected chi connectivity index (χ1v) is 23.6. The minimum atomic E-state index is -1.72. The SMILES string of the molecule is Cc1ccc(-c2ccc3c(c2)oc2c(-c4cc(CC(C)(C)C)ccn4)[c-]ccc23)cc1.[CH3][Ge]([CH3])([CH3])[c]1ccc(-c2[c-]cccc2)nc1.[Ir]. The van der Waals surface area contributed by atoms with Gasteiger partial charge in [0.15, 0.2) is 0 Å². The Balaban J connectivity index is 0.000000224. The molecule has 0 amide bonds. The van der Waals surface area contributed by atoms with E-state index in [4.69, 9.17) is 4.42 Å². The number of aryl methyl sites for hydroxylation is 1. The summed E-state index contributed by atoms with van der Waals surface area (Å²) < 4.78 is 7.84. The van der Waals surface area contributed by atoms with E-state index in [0.717, 1.165) is 56.4 Å². The Morgan fingerprint density at radius 1 is 0.729 bits per heavy atom. The van der Waals surface area contributed by atoms with Gasteiger partial charge in [-0.3, -0.25) is 0 Å². The zero-order chi connectivity index (χ0) is 33.2. The normalized spacial score (nSPS) is 11.6. The van der Waals surface area contributed by atoms with E-state index in [-0.39, 0.29) is 25.5 Å². The number of rotatable bonds is 5. The summed E-state index contributed by atoms with van der Waals surface area (Å²) >= 11 is -1.72. The fourth-order valence-electron chi connectivity index (χ4n) is 5.74. The molecule has 0 atom stereocenters. The van der Waals surface area contributed by atoms with E-state index in [2.05, 4.69) is 140 Å². The van der Waals surface area contributed by atoms with Gasteiger partial charge in [-0.05, 0) is 47.7 Å². The number of pyridine rings is 2. The first kappa shape index (κ1) is 35.5. The summed E-state index contributed by atoms with van der Waals surface area (Å²) in [5.41, 5.74) is 10.7. The van der Waals surface area contributed by atoms with Crippen molar-refractivity contribution >= 4 is 39.6 Å². The maximum absolute atomic E-state index is 6.39. The Morgan fingerprint density at radius 2 is 1.50 bits per heavy atom. The third kappa shape index (κ3) is 8.41. The molecular weight excluding hydrogens is 825 g/mol. The van der Waals surface area contributed by atoms with Crippen molar-refractivity contribution in [3.63, 3.8) is 0 Å². The van der Waals surface area contributed by atoms with Crippen molar-refractivity contribution in [1.29, 1.82) is 0 Å². The minimum Gasteiger partial charge on any atom is 0 e. The van der Waals surface area contributed by atoms with Gasteiger partial charge in [0.1, 0.15) is 5.58 Å². The number of hydrogen-bond acceptors (Lipinski definition) is 3. The topological polar surface area (TPSA) is 38.9 Å². The van der Waals surface area contributed by atoms with Crippen LogP contribution < -0.4 is 4.40 Å². The summed E-state index contributed by atoms with van der Waals surface area (Å²) in [7, 11) is 0. The molecule has 0 saturated carbocycles. The zero-order valence-electron chi connectivity index (χ0n) is 28.8. The molecule has 7 rings (SSSR count). The van der Waals surface area contributed by atoms with E-state index in [9.17, 15) is 0 Å². The van der Waals surface area contributed by atoms with E-state index in [1.807, 2.05) is 42.7 Å². The van der Waals surface area contributed by atoms with E-state index >= 15 is 0 Å². The van der Waals surface area contributed by atoms with Gasteiger partial charge < -0.3 is 9.40 Å². The van der Waals surface area contributed by atoms with Gasteiger partial charge in [-0.2, -0.15) is 0 Å². The number of aromatic nitrogens is 2. The maximum Gasteiger partial charge on any atom is 0 e. The molecule has 0 bridgehead atoms. The van der Waals surface area contributed by atoms with Crippen molar-refractivity contribution < 1.29 is 24.5 Å². The molecule has 3 nitrogen and oxygen atoms in total. The molecule has 4 aromatic carbocycles. The molecule has 0 aliphatic rings. The Hall–Kier alpha value is -3.83. The predicted octanol–water partition coefficient (Wildman–Crippen LogP) is 11.1. The molecule has 0 unspecified atom stereocenters. The molecule has 245 valence electrons. The Kier molecular flexibility index (Phi) is 10.9. The first-order chi connectivity index (χ1) is 22.4. The van der Waals surface area contributed by atoms with Gasteiger partial charge >= 0.3 is 99.8 Å². The van der Waals surface area contributed by atoms with Crippen molar-refractivity contribution in [1.82, 2.24) is 9.97 Å². The molecule has 1 radical (unpaired) electrons. The molecule has 5 heteroatoms. The second kappa shape index (κ2) is 14.7. The van der Waals surface area contributed by atoms with Gasteiger partial charge in [0.25, 0.3) is 0 Å². The van der Waals surface area contributed by atoms with Crippen LogP contribution in [0.15, 0.2) is 120 Å². The molecule has 0 aliphatic carbocycles. The van der Waals surface area contributed by atoms with Crippen LogP contribution in [0.2, 0.25) is 17.3 Å². The summed E-state index contributed by atoms with van der Waals surface area (Å²) in [4.78, 5) is 9.17. The van der Waals surface area contributed by atoms with Gasteiger partial charge in [0.05, 0.1) is 5.58 Å². The van der Waals surface area contributed by atoms with Gasteiger partial charge in [-0.15, -0.1) is 18.2 Å². The van der Waals surface area contributed by atoms with E-state index in [0.29, 0.717) is 0 Å². The Morgan fingerprint density at radius 3 is 2.17 bits per heavy atom. The smallest absolute Gasteiger partial charge is 0 e. The number of nitrogens with zero attached hydrogens (tertiary/aromatic N) is 2. The zero-order valence-corrected chi connectivity index (χ0v) is 33.3. The number of fused-ring (bicyclic) bond motifs is 3. The minimum absolute atomic E-state index is 0. The number of benzene rings is 4. The number of furan rings is 1. The van der Waals surface area contributed by atoms with Gasteiger partial charge in [-0.25, -0.2) is 0 Å². The average molecular weight is 868 g/mol. The molecule has 0 N–H and O–H groups in total. The third-order valence-corrected chi connectivity index (χ3v) is 12.5. The summed E-state index contributed by atoms with van der Waals surface area (Å²) in [5, 5.41) is 2.22. The summed E-state index contributed by atoms with van der Waals surface area (Å²) in [5.74, 6) is 7.14. The standard InChI is InChI=1S/C29H26NO.C14H16GeN.Ir/c1-19-8-10-21(11-9-19)22-12-13-23-24-6-5-7-25(28(24)31-27(23)17-22)26-16-20(14-15-30-26)18-29(2,3)4;1-15(2,3)13-9-10-14(16-11-13)12-7-5-4-6-8-12;/h5-6,8-17H,18H2,1-4H3;4-7,9-11H,1-3H3;/q2*-1;. The van der Waals surface area contributed by atoms with Crippen molar-refractivity contribution in [2.75, 3.05) is 0 Å². The molecule has 0 spiro atoms. The van der Waals surface area contributed by atoms with Crippen molar-refractivity contribution in [2.24, 2.45) is 5.41 Å². The van der Waals surface area contributed by atoms with Crippen LogP contribution >= 0.6 is 0 Å². The second-order valence-electron chi connectivity index (χ2n) is 14.5. The Labute approximate surface area is 301 Å². The molecule has 48 heavy (non-hydrogen) atoms. The molecule has 7 aromatic rings. The quantitative estimate of drug-likeness (QED) is 0.128. The van der Waals surface area contributed by atoms with Crippen LogP contribution in [-0.2, 0) is 26.5 Å². The van der Waals surface area contributed by atoms with Crippen LogP contribution in [0.3, 0.4) is 0 Å². The molecule has 3 aromatic heterocycles. The number of hydrogen-bond donors (Lipinski definition) is 0. The Bertz CT molecular complexity index is 2120. The molecular formula is C43H42GeIrN2O-2. The van der Waals surface area contributed by atoms with Crippen molar-refractivity contribution in [3.8, 4) is 33.6 Å². The molecule has 3 heterocycles. The van der Waals surface area contributed by atoms with Crippen LogP contribution in [0, 0.1) is 24.5 Å². The van der Waals surface area contributed by atoms with E-state index in [1.54, 1.807) is 0 Å². The largest absolute Gasteiger partial charge is 0 e. The van der Waals surface area contributed by atoms with Crippen LogP contribution in [0.1, 0.15) is 31.9 Å². The van der Waals surface area contributed by atoms with E-state index in [1.165, 1.54) is 21.1 Å². The van der Waals surface area contributed by atoms with Crippen LogP contribution in [0.25, 0.3) is 55.6 Å². The van der Waals surface area contributed by atoms with Crippen LogP contribution in [-0.4, -0.2) is 23.2 Å². The van der Waals surface area contributed by atoms with Gasteiger partial charge in [0, 0.05) is 31.7 Å². The summed E-state index contributed by atoms with van der Waals surface area (Å²) in [6.07, 6.45) is 4.93. The van der Waals surface area contributed by atoms with Gasteiger partial charge in [0.2, 0.25) is 0 Å². The van der Waals surface area contributed by atoms with Crippen molar-refractivity contribution in [2.45, 2.75) is 51.4 Å². The summed E-state index contributed by atoms with van der Waals surface area (Å²) in [6, 6.07) is 42.2. The van der Waals surface area contributed by atoms with E-state index < -0.39 is 13.3 Å². The molecule has 0 saturated heterocycles. The average Bonchev–Trinajstić information content (AvgIpc) is 3.43. The fourth-order valence-corrected chi connectivity index (χ4v) is 7.91. The molecule has 0 aliphatic heterocycles. The second-order valence-corrected chi connectivity index (χ2v) is 25.2. The monoisotopic (exact) mass is 869 g/mol. The molecule has 0 fully saturated rings. The maximum atomic E-state index is 6.39. The van der Waals surface area contributed by atoms with Crippen molar-refractivity contribution in [3.05, 3.63) is 139 Å². The third-order valence-electron chi connectivity index (χ3n) is 8.25. The fraction of sp³-hybridized carbons (Fsp3) is 0.209. The summed E-state index contributed by atoms with van der Waals surface area (Å²) in [6.45, 7) is 8.87.